The number of unbranched alkanes of at least 4 members (excludes halogenated alkanes) is 1. The molecule has 0 aromatic carbocycles. The fourth-order valence-electron chi connectivity index (χ4n) is 8.84. The zero-order valence-corrected chi connectivity index (χ0v) is 29.6. The lowest BCUT2D eigenvalue weighted by Gasteiger charge is -2.42. The molecule has 0 aromatic rings. The van der Waals surface area contributed by atoms with Crippen molar-refractivity contribution in [1.82, 2.24) is 0 Å². The highest BCUT2D eigenvalue weighted by atomic mass is 31.1. The van der Waals surface area contributed by atoms with Crippen molar-refractivity contribution in [2.75, 3.05) is 12.3 Å². The van der Waals surface area contributed by atoms with E-state index in [1.54, 1.807) is 57.3 Å². The molecule has 2 aliphatic carbocycles. The molecular weight excluding hydrogens is 518 g/mol. The summed E-state index contributed by atoms with van der Waals surface area (Å²) in [5.74, 6) is 2.19. The zero-order chi connectivity index (χ0) is 28.0. The van der Waals surface area contributed by atoms with Crippen LogP contribution in [0.5, 0.6) is 0 Å². The maximum absolute atomic E-state index is 2.40. The highest BCUT2D eigenvalue weighted by Crippen LogP contribution is 2.51. The van der Waals surface area contributed by atoms with E-state index in [0.717, 1.165) is 22.7 Å². The summed E-state index contributed by atoms with van der Waals surface area (Å²) < 4.78 is 0. The second-order valence-electron chi connectivity index (χ2n) is 14.7. The average Bonchev–Trinajstić information content (AvgIpc) is 3.33. The Morgan fingerprint density at radius 3 is 1.57 bits per heavy atom. The van der Waals surface area contributed by atoms with Gasteiger partial charge in [0.15, 0.2) is 0 Å². The van der Waals surface area contributed by atoms with Crippen LogP contribution in [0.4, 0.5) is 0 Å². The molecule has 2 saturated carbocycles. The van der Waals surface area contributed by atoms with Gasteiger partial charge in [-0.25, -0.2) is 0 Å². The molecule has 4 atom stereocenters. The van der Waals surface area contributed by atoms with E-state index < -0.39 is 0 Å². The van der Waals surface area contributed by atoms with Gasteiger partial charge in [-0.15, -0.1) is 17.2 Å². The summed E-state index contributed by atoms with van der Waals surface area (Å²) in [6, 6.07) is 0. The summed E-state index contributed by atoms with van der Waals surface area (Å²) in [5.41, 5.74) is 1.13. The monoisotopic (exact) mass is 593 g/mol. The smallest absolute Gasteiger partial charge is 0.00937 e. The molecule has 4 fully saturated rings. The van der Waals surface area contributed by atoms with Gasteiger partial charge >= 0.3 is 0 Å². The Labute approximate surface area is 257 Å². The van der Waals surface area contributed by atoms with Crippen molar-refractivity contribution in [2.24, 2.45) is 11.8 Å². The van der Waals surface area contributed by atoms with Gasteiger partial charge in [0.05, 0.1) is 0 Å². The topological polar surface area (TPSA) is 0 Å². The van der Waals surface area contributed by atoms with Crippen LogP contribution >= 0.6 is 17.2 Å². The molecule has 0 nitrogen and oxygen atoms in total. The van der Waals surface area contributed by atoms with Gasteiger partial charge < -0.3 is 0 Å². The van der Waals surface area contributed by atoms with Gasteiger partial charge in [-0.1, -0.05) is 148 Å². The Morgan fingerprint density at radius 1 is 0.500 bits per heavy atom. The van der Waals surface area contributed by atoms with Crippen LogP contribution in [0.3, 0.4) is 0 Å². The van der Waals surface area contributed by atoms with E-state index in [9.17, 15) is 0 Å². The Kier molecular flexibility index (Phi) is 20.6. The average molecular weight is 593 g/mol. The van der Waals surface area contributed by atoms with E-state index in [0.29, 0.717) is 0 Å². The van der Waals surface area contributed by atoms with Gasteiger partial charge in [-0.3, -0.25) is 0 Å². The summed E-state index contributed by atoms with van der Waals surface area (Å²) in [4.78, 5) is 0. The Bertz CT molecular complexity index is 512. The lowest BCUT2D eigenvalue weighted by molar-refractivity contribution is 0.276. The van der Waals surface area contributed by atoms with Crippen molar-refractivity contribution in [1.29, 1.82) is 0 Å². The standard InChI is InChI=1S/C21H41P.C17H33P/c1-2-3-17-21(18-13-9-6-10-14-19-22-21)20-15-11-7-4-5-8-12-16-20;1-2-5-9-13-16(12-8-4-1)17-14-10-6-3-7-11-15-18-17/h20,22H,2-19H2,1H3;16-18H,1-15H2. The van der Waals surface area contributed by atoms with Crippen molar-refractivity contribution < 1.29 is 0 Å². The van der Waals surface area contributed by atoms with E-state index >= 15 is 0 Å². The minimum absolute atomic E-state index is 0.769. The maximum Gasteiger partial charge on any atom is -0.00937 e. The van der Waals surface area contributed by atoms with Crippen molar-refractivity contribution in [3.63, 3.8) is 0 Å². The molecule has 40 heavy (non-hydrogen) atoms. The quantitative estimate of drug-likeness (QED) is 0.279. The van der Waals surface area contributed by atoms with Crippen molar-refractivity contribution in [3.05, 3.63) is 0 Å². The molecule has 2 heterocycles. The van der Waals surface area contributed by atoms with Gasteiger partial charge in [0.25, 0.3) is 0 Å². The van der Waals surface area contributed by atoms with Crippen LogP contribution in [0.2, 0.25) is 0 Å². The molecular formula is C38H74P2. The largest absolute Gasteiger partial charge is 0.119 e. The molecule has 0 N–H and O–H groups in total. The van der Waals surface area contributed by atoms with Gasteiger partial charge in [0.1, 0.15) is 0 Å². The molecule has 2 aliphatic heterocycles. The van der Waals surface area contributed by atoms with Crippen LogP contribution < -0.4 is 0 Å². The third-order valence-electron chi connectivity index (χ3n) is 11.5. The fraction of sp³-hybridized carbons (Fsp3) is 1.00. The molecule has 0 amide bonds. The van der Waals surface area contributed by atoms with Crippen LogP contribution in [0, 0.1) is 11.8 Å². The van der Waals surface area contributed by atoms with E-state index in [1.165, 1.54) is 171 Å². The Balaban J connectivity index is 0.000000225. The number of hydrogen-bond donors (Lipinski definition) is 0. The predicted octanol–water partition coefficient (Wildman–Crippen LogP) is 13.8. The van der Waals surface area contributed by atoms with Crippen LogP contribution in [-0.4, -0.2) is 23.1 Å². The molecule has 2 saturated heterocycles. The van der Waals surface area contributed by atoms with Gasteiger partial charge in [0.2, 0.25) is 0 Å². The SMILES string of the molecule is C1CCCCC(C2CCCCCCCP2)CCC1.CCCCC1(C2CCCCCCCC2)CCCCCCCP1. The molecule has 0 bridgehead atoms. The molecule has 4 aliphatic rings. The summed E-state index contributed by atoms with van der Waals surface area (Å²) in [6.45, 7) is 2.40. The molecule has 0 spiro atoms. The maximum atomic E-state index is 2.40. The van der Waals surface area contributed by atoms with E-state index in [2.05, 4.69) is 6.92 Å². The lowest BCUT2D eigenvalue weighted by Crippen LogP contribution is -2.34. The second-order valence-corrected chi connectivity index (χ2v) is 18.2. The first-order valence-corrected chi connectivity index (χ1v) is 21.8. The summed E-state index contributed by atoms with van der Waals surface area (Å²) in [6.07, 6.45) is 50.5. The number of hydrogen-bond acceptors (Lipinski definition) is 0. The predicted molar refractivity (Wildman–Crippen MR) is 189 cm³/mol. The zero-order valence-electron chi connectivity index (χ0n) is 27.6. The van der Waals surface area contributed by atoms with Crippen molar-refractivity contribution in [3.8, 4) is 0 Å². The Hall–Kier alpha value is 0.860. The van der Waals surface area contributed by atoms with Crippen molar-refractivity contribution in [2.45, 2.75) is 217 Å². The molecule has 4 unspecified atom stereocenters. The van der Waals surface area contributed by atoms with Gasteiger partial charge in [-0.05, 0) is 92.8 Å². The summed E-state index contributed by atoms with van der Waals surface area (Å²) >= 11 is 0. The molecule has 4 rings (SSSR count). The van der Waals surface area contributed by atoms with Crippen molar-refractivity contribution >= 4 is 17.2 Å². The lowest BCUT2D eigenvalue weighted by atomic mass is 9.77. The van der Waals surface area contributed by atoms with Gasteiger partial charge in [0, 0.05) is 0 Å². The highest BCUT2D eigenvalue weighted by molar-refractivity contribution is 7.40. The second kappa shape index (κ2) is 23.3. The molecule has 2 heteroatoms. The first-order chi connectivity index (χ1) is 19.8. The molecule has 236 valence electrons. The first-order valence-electron chi connectivity index (χ1n) is 19.3. The molecule has 0 radical (unpaired) electrons. The normalized spacial score (nSPS) is 31.6. The highest BCUT2D eigenvalue weighted by Gasteiger charge is 2.37. The van der Waals surface area contributed by atoms with Crippen LogP contribution in [0.1, 0.15) is 206 Å². The summed E-state index contributed by atoms with van der Waals surface area (Å²) in [5, 5.41) is 0.769. The first kappa shape index (κ1) is 35.3. The van der Waals surface area contributed by atoms with E-state index in [-0.39, 0.29) is 0 Å². The third kappa shape index (κ3) is 14.6. The van der Waals surface area contributed by atoms with Gasteiger partial charge in [-0.2, -0.15) is 0 Å². The number of rotatable bonds is 5. The minimum Gasteiger partial charge on any atom is -0.119 e. The third-order valence-corrected chi connectivity index (χ3v) is 15.6. The van der Waals surface area contributed by atoms with Crippen LogP contribution in [0.25, 0.3) is 0 Å². The van der Waals surface area contributed by atoms with E-state index in [4.69, 9.17) is 0 Å². The van der Waals surface area contributed by atoms with E-state index in [1.807, 2.05) is 0 Å². The molecule has 0 aromatic heterocycles. The summed E-state index contributed by atoms with van der Waals surface area (Å²) in [7, 11) is 2.58. The van der Waals surface area contributed by atoms with Crippen LogP contribution in [0.15, 0.2) is 0 Å². The fourth-order valence-corrected chi connectivity index (χ4v) is 13.0. The van der Waals surface area contributed by atoms with Crippen LogP contribution in [-0.2, 0) is 0 Å². The Morgan fingerprint density at radius 2 is 0.975 bits per heavy atom. The minimum atomic E-state index is 0.769.